The van der Waals surface area contributed by atoms with Crippen molar-refractivity contribution in [3.05, 3.63) is 0 Å². The smallest absolute Gasteiger partial charge is 0.306 e. The number of carbonyl (C=O) groups excluding carboxylic acids is 2. The number of rotatable bonds is 39. The van der Waals surface area contributed by atoms with Gasteiger partial charge in [0.1, 0.15) is 43.2 Å². The number of carbonyl (C=O) groups is 2. The summed E-state index contributed by atoms with van der Waals surface area (Å²) in [5.74, 6) is -3.51. The summed E-state index contributed by atoms with van der Waals surface area (Å²) in [5.41, 5.74) is 0. The molecular formula is C48H90O13. The van der Waals surface area contributed by atoms with E-state index in [1.807, 2.05) is 0 Å². The second kappa shape index (κ2) is 34.9. The Bertz CT molecular complexity index is 1080. The predicted molar refractivity (Wildman–Crippen MR) is 235 cm³/mol. The van der Waals surface area contributed by atoms with Crippen molar-refractivity contribution in [1.29, 1.82) is 0 Å². The van der Waals surface area contributed by atoms with Crippen LogP contribution in [-0.2, 0) is 33.3 Å². The molecule has 0 aliphatic carbocycles. The lowest BCUT2D eigenvalue weighted by Crippen LogP contribution is -2.63. The van der Waals surface area contributed by atoms with E-state index >= 15 is 0 Å². The largest absolute Gasteiger partial charge is 0.460 e. The predicted octanol–water partition coefficient (Wildman–Crippen LogP) is 8.23. The second-order valence-electron chi connectivity index (χ2n) is 17.9. The third kappa shape index (κ3) is 22.9. The third-order valence-corrected chi connectivity index (χ3v) is 12.5. The third-order valence-electron chi connectivity index (χ3n) is 12.5. The van der Waals surface area contributed by atoms with Crippen LogP contribution in [0.4, 0.5) is 0 Å². The van der Waals surface area contributed by atoms with Crippen LogP contribution in [0.2, 0.25) is 0 Å². The van der Waals surface area contributed by atoms with E-state index in [9.17, 15) is 40.2 Å². The lowest BCUT2D eigenvalue weighted by Gasteiger charge is -2.43. The molecule has 0 aromatic rings. The maximum atomic E-state index is 13.2. The van der Waals surface area contributed by atoms with E-state index in [0.29, 0.717) is 12.8 Å². The minimum Gasteiger partial charge on any atom is -0.460 e. The Morgan fingerprint density at radius 2 is 0.852 bits per heavy atom. The molecule has 0 amide bonds. The molecule has 13 heteroatoms. The summed E-state index contributed by atoms with van der Waals surface area (Å²) in [4.78, 5) is 26.2. The standard InChI is InChI=1S/C48H90O13/c1-3-5-7-9-11-13-15-17-19-21-23-25-27-29-31-33-40(51)57-37-48(61-47-45(56)44(55)42(53)38(35-49)58-47)46(43(54)39(36-50)60-48)59-41(52)34-32-30-28-26-24-22-20-18-16-14-12-10-8-6-4-2/h38-39,42-47,49-50,53-56H,3-37H2,1-2H3/t38?,39-,42?,43+,44?,45?,46?,47?,48+/m1/s1. The summed E-state index contributed by atoms with van der Waals surface area (Å²) >= 11 is 0. The van der Waals surface area contributed by atoms with Crippen molar-refractivity contribution in [3.8, 4) is 0 Å². The molecule has 2 fully saturated rings. The molecule has 2 rings (SSSR count). The molecule has 360 valence electrons. The molecule has 2 heterocycles. The van der Waals surface area contributed by atoms with Crippen LogP contribution in [0.5, 0.6) is 0 Å². The molecule has 61 heavy (non-hydrogen) atoms. The zero-order valence-corrected chi connectivity index (χ0v) is 38.4. The maximum Gasteiger partial charge on any atom is 0.306 e. The van der Waals surface area contributed by atoms with Gasteiger partial charge in [0.25, 0.3) is 0 Å². The van der Waals surface area contributed by atoms with Gasteiger partial charge >= 0.3 is 11.9 Å². The summed E-state index contributed by atoms with van der Waals surface area (Å²) in [6, 6.07) is 0. The van der Waals surface area contributed by atoms with Gasteiger partial charge < -0.3 is 54.3 Å². The first-order chi connectivity index (χ1) is 29.6. The molecule has 0 aromatic carbocycles. The maximum absolute atomic E-state index is 13.2. The van der Waals surface area contributed by atoms with Gasteiger partial charge in [-0.05, 0) is 12.8 Å². The topological polar surface area (TPSA) is 202 Å². The summed E-state index contributed by atoms with van der Waals surface area (Å²) in [6.45, 7) is 2.34. The zero-order chi connectivity index (χ0) is 44.6. The lowest BCUT2D eigenvalue weighted by atomic mass is 9.99. The number of aliphatic hydroxyl groups is 6. The van der Waals surface area contributed by atoms with Crippen molar-refractivity contribution in [1.82, 2.24) is 0 Å². The minimum absolute atomic E-state index is 0.0420. The van der Waals surface area contributed by atoms with Crippen LogP contribution in [0.3, 0.4) is 0 Å². The van der Waals surface area contributed by atoms with E-state index in [-0.39, 0.29) is 12.8 Å². The molecule has 0 radical (unpaired) electrons. The quantitative estimate of drug-likeness (QED) is 0.0255. The molecule has 6 unspecified atom stereocenters. The number of hydrogen-bond donors (Lipinski definition) is 6. The molecule has 13 nitrogen and oxygen atoms in total. The van der Waals surface area contributed by atoms with Crippen molar-refractivity contribution < 1.29 is 63.9 Å². The monoisotopic (exact) mass is 875 g/mol. The minimum atomic E-state index is -2.27. The fourth-order valence-electron chi connectivity index (χ4n) is 8.49. The highest BCUT2D eigenvalue weighted by molar-refractivity contribution is 5.70. The molecule has 9 atom stereocenters. The molecule has 0 saturated carbocycles. The van der Waals surface area contributed by atoms with Gasteiger partial charge in [-0.2, -0.15) is 0 Å². The van der Waals surface area contributed by atoms with Gasteiger partial charge in [-0.3, -0.25) is 9.59 Å². The van der Waals surface area contributed by atoms with E-state index in [4.69, 9.17) is 23.7 Å². The summed E-state index contributed by atoms with van der Waals surface area (Å²) in [6.07, 6.45) is 22.6. The van der Waals surface area contributed by atoms with Gasteiger partial charge in [0.15, 0.2) is 12.4 Å². The summed E-state index contributed by atoms with van der Waals surface area (Å²) < 4.78 is 28.9. The van der Waals surface area contributed by atoms with Crippen LogP contribution in [0.25, 0.3) is 0 Å². The molecule has 2 aliphatic heterocycles. The average Bonchev–Trinajstić information content (AvgIpc) is 3.51. The van der Waals surface area contributed by atoms with Crippen LogP contribution in [0.15, 0.2) is 0 Å². The molecule has 6 N–H and O–H groups in total. The highest BCUT2D eigenvalue weighted by Gasteiger charge is 2.61. The first-order valence-corrected chi connectivity index (χ1v) is 24.9. The van der Waals surface area contributed by atoms with E-state index < -0.39 is 86.6 Å². The van der Waals surface area contributed by atoms with Gasteiger partial charge in [0.2, 0.25) is 5.79 Å². The first-order valence-electron chi connectivity index (χ1n) is 24.9. The number of hydrogen-bond acceptors (Lipinski definition) is 13. The van der Waals surface area contributed by atoms with Crippen LogP contribution in [-0.4, -0.2) is 117 Å². The van der Waals surface area contributed by atoms with E-state index in [1.54, 1.807) is 0 Å². The molecule has 2 aliphatic rings. The number of esters is 2. The Hall–Kier alpha value is -1.42. The van der Waals surface area contributed by atoms with Gasteiger partial charge in [0, 0.05) is 12.8 Å². The fourth-order valence-corrected chi connectivity index (χ4v) is 8.49. The number of aliphatic hydroxyl groups excluding tert-OH is 6. The number of ether oxygens (including phenoxy) is 5. The normalized spacial score (nSPS) is 26.5. The van der Waals surface area contributed by atoms with Crippen LogP contribution in [0, 0.1) is 0 Å². The van der Waals surface area contributed by atoms with Gasteiger partial charge in [-0.25, -0.2) is 0 Å². The van der Waals surface area contributed by atoms with Gasteiger partial charge in [-0.1, -0.05) is 194 Å². The van der Waals surface area contributed by atoms with Crippen molar-refractivity contribution in [2.75, 3.05) is 19.8 Å². The molecule has 0 bridgehead atoms. The van der Waals surface area contributed by atoms with Crippen molar-refractivity contribution in [3.63, 3.8) is 0 Å². The number of unbranched alkanes of at least 4 members (excludes halogenated alkanes) is 28. The highest BCUT2D eigenvalue weighted by atomic mass is 16.8. The molecule has 0 aromatic heterocycles. The Morgan fingerprint density at radius 1 is 0.475 bits per heavy atom. The van der Waals surface area contributed by atoms with Gasteiger partial charge in [-0.15, -0.1) is 0 Å². The second-order valence-corrected chi connectivity index (χ2v) is 17.9. The van der Waals surface area contributed by atoms with Crippen LogP contribution < -0.4 is 0 Å². The highest BCUT2D eigenvalue weighted by Crippen LogP contribution is 2.39. The lowest BCUT2D eigenvalue weighted by molar-refractivity contribution is -0.384. The van der Waals surface area contributed by atoms with Gasteiger partial charge in [0.05, 0.1) is 13.2 Å². The van der Waals surface area contributed by atoms with Crippen molar-refractivity contribution in [2.24, 2.45) is 0 Å². The SMILES string of the molecule is CCCCCCCCCCCCCCCCCC(=O)OC[C@@]1(OC2OC(CO)C(O)C(O)C2O)O[C@H](CO)[C@H](O)C1OC(=O)CCCCCCCCCCCCCCCCC. The first kappa shape index (κ1) is 55.7. The molecule has 0 spiro atoms. The molecular weight excluding hydrogens is 785 g/mol. The Kier molecular flexibility index (Phi) is 31.9. The zero-order valence-electron chi connectivity index (χ0n) is 38.4. The Balaban J connectivity index is 1.85. The molecule has 2 saturated heterocycles. The average molecular weight is 875 g/mol. The van der Waals surface area contributed by atoms with E-state index in [2.05, 4.69) is 13.8 Å². The van der Waals surface area contributed by atoms with Crippen molar-refractivity contribution in [2.45, 2.75) is 274 Å². The van der Waals surface area contributed by atoms with Crippen LogP contribution in [0.1, 0.15) is 219 Å². The van der Waals surface area contributed by atoms with Crippen LogP contribution >= 0.6 is 0 Å². The summed E-state index contributed by atoms with van der Waals surface area (Å²) in [5, 5.41) is 62.7. The summed E-state index contributed by atoms with van der Waals surface area (Å²) in [7, 11) is 0. The Labute approximate surface area is 369 Å². The van der Waals surface area contributed by atoms with E-state index in [1.165, 1.54) is 135 Å². The van der Waals surface area contributed by atoms with Crippen molar-refractivity contribution >= 4 is 11.9 Å². The van der Waals surface area contributed by atoms with E-state index in [0.717, 1.165) is 44.9 Å². The fraction of sp³-hybridized carbons (Fsp3) is 0.958. The Morgan fingerprint density at radius 3 is 1.25 bits per heavy atom.